The van der Waals surface area contributed by atoms with Crippen molar-refractivity contribution in [3.05, 3.63) is 31.8 Å². The Hall–Kier alpha value is -1.16. The zero-order valence-electron chi connectivity index (χ0n) is 10.8. The quantitative estimate of drug-likeness (QED) is 0.532. The molecule has 114 valence electrons. The molecule has 0 saturated carbocycles. The van der Waals surface area contributed by atoms with Crippen LogP contribution in [0.25, 0.3) is 0 Å². The third kappa shape index (κ3) is 6.00. The number of carboxylic acids is 2. The summed E-state index contributed by atoms with van der Waals surface area (Å²) in [5.74, 6) is -2.67. The molecule has 0 unspecified atom stereocenters. The summed E-state index contributed by atoms with van der Waals surface area (Å²) in [6.45, 7) is 0. The van der Waals surface area contributed by atoms with E-state index < -0.39 is 23.9 Å². The predicted molar refractivity (Wildman–Crippen MR) is 87.2 cm³/mol. The van der Waals surface area contributed by atoms with E-state index in [1.807, 2.05) is 22.6 Å². The van der Waals surface area contributed by atoms with E-state index in [0.29, 0.717) is 13.6 Å². The number of carbonyl (C=O) groups is 3. The maximum absolute atomic E-state index is 12.1. The number of aliphatic carboxylic acids is 2. The van der Waals surface area contributed by atoms with Gasteiger partial charge in [-0.05, 0) is 53.6 Å². The third-order valence-electron chi connectivity index (χ3n) is 2.66. The summed E-state index contributed by atoms with van der Waals surface area (Å²) < 4.78 is 1.41. The Morgan fingerprint density at radius 2 is 1.95 bits per heavy atom. The molecule has 1 aromatic rings. The third-order valence-corrected chi connectivity index (χ3v) is 4.09. The number of hydrogen-bond donors (Lipinski definition) is 3. The largest absolute Gasteiger partial charge is 0.481 e. The summed E-state index contributed by atoms with van der Waals surface area (Å²) >= 11 is 5.24. The van der Waals surface area contributed by atoms with E-state index in [1.165, 1.54) is 0 Å². The highest BCUT2D eigenvalue weighted by molar-refractivity contribution is 14.1. The molecule has 0 spiro atoms. The molecule has 0 bridgehead atoms. The van der Waals surface area contributed by atoms with Crippen molar-refractivity contribution in [1.29, 1.82) is 0 Å². The van der Waals surface area contributed by atoms with Gasteiger partial charge >= 0.3 is 11.9 Å². The summed E-state index contributed by atoms with van der Waals surface area (Å²) in [6, 6.07) is 4.01. The van der Waals surface area contributed by atoms with Gasteiger partial charge in [0.1, 0.15) is 6.04 Å². The summed E-state index contributed by atoms with van der Waals surface area (Å²) in [5, 5.41) is 20.1. The Bertz CT molecular complexity index is 563. The SMILES string of the molecule is O=C(O)CCC[C@@H](NC(=O)c1cc(Br)ccc1I)C(=O)O. The summed E-state index contributed by atoms with van der Waals surface area (Å²) in [7, 11) is 0. The number of carbonyl (C=O) groups excluding carboxylic acids is 1. The van der Waals surface area contributed by atoms with Gasteiger partial charge in [-0.15, -0.1) is 0 Å². The highest BCUT2D eigenvalue weighted by Gasteiger charge is 2.21. The Kier molecular flexibility index (Phi) is 7.09. The number of carboxylic acid groups (broad SMARTS) is 2. The van der Waals surface area contributed by atoms with Crippen LogP contribution in [0, 0.1) is 3.57 Å². The van der Waals surface area contributed by atoms with Crippen LogP contribution in [0.1, 0.15) is 29.6 Å². The van der Waals surface area contributed by atoms with Gasteiger partial charge in [0, 0.05) is 14.5 Å². The van der Waals surface area contributed by atoms with Gasteiger partial charge in [-0.1, -0.05) is 15.9 Å². The van der Waals surface area contributed by atoms with E-state index in [-0.39, 0.29) is 19.3 Å². The van der Waals surface area contributed by atoms with Crippen molar-refractivity contribution in [2.24, 2.45) is 0 Å². The minimum absolute atomic E-state index is 0.0674. The second kappa shape index (κ2) is 8.32. The molecule has 0 fully saturated rings. The number of amides is 1. The second-order valence-corrected chi connectivity index (χ2v) is 6.35. The zero-order valence-corrected chi connectivity index (χ0v) is 14.5. The fourth-order valence-electron chi connectivity index (χ4n) is 1.62. The maximum Gasteiger partial charge on any atom is 0.326 e. The summed E-state index contributed by atoms with van der Waals surface area (Å²) in [4.78, 5) is 33.7. The van der Waals surface area contributed by atoms with Crippen LogP contribution in [0.4, 0.5) is 0 Å². The molecule has 8 heteroatoms. The van der Waals surface area contributed by atoms with Crippen LogP contribution in [0.3, 0.4) is 0 Å². The van der Waals surface area contributed by atoms with Crippen LogP contribution < -0.4 is 5.32 Å². The Morgan fingerprint density at radius 3 is 2.52 bits per heavy atom. The first-order valence-corrected chi connectivity index (χ1v) is 7.89. The minimum Gasteiger partial charge on any atom is -0.481 e. The molecule has 0 heterocycles. The average molecular weight is 470 g/mol. The molecule has 0 aliphatic heterocycles. The van der Waals surface area contributed by atoms with Gasteiger partial charge in [0.15, 0.2) is 0 Å². The molecule has 1 aromatic carbocycles. The predicted octanol–water partition coefficient (Wildman–Crippen LogP) is 2.49. The Balaban J connectivity index is 2.74. The molecular weight excluding hydrogens is 457 g/mol. The number of hydrogen-bond acceptors (Lipinski definition) is 3. The summed E-state index contributed by atoms with van der Waals surface area (Å²) in [6.07, 6.45) is 0.119. The first-order chi connectivity index (χ1) is 9.81. The summed E-state index contributed by atoms with van der Waals surface area (Å²) in [5.41, 5.74) is 0.370. The minimum atomic E-state index is -1.18. The van der Waals surface area contributed by atoms with E-state index in [0.717, 1.165) is 0 Å². The first kappa shape index (κ1) is 17.9. The van der Waals surface area contributed by atoms with Gasteiger partial charge < -0.3 is 15.5 Å². The highest BCUT2D eigenvalue weighted by Crippen LogP contribution is 2.18. The standard InChI is InChI=1S/C13H13BrINO5/c14-7-4-5-9(15)8(6-7)12(19)16-10(13(20)21)2-1-3-11(17)18/h4-6,10H,1-3H2,(H,16,19)(H,17,18)(H,20,21)/t10-/m1/s1. The second-order valence-electron chi connectivity index (χ2n) is 4.27. The molecule has 21 heavy (non-hydrogen) atoms. The smallest absolute Gasteiger partial charge is 0.326 e. The van der Waals surface area contributed by atoms with Crippen LogP contribution in [-0.2, 0) is 9.59 Å². The van der Waals surface area contributed by atoms with Crippen LogP contribution >= 0.6 is 38.5 Å². The molecule has 0 aliphatic carbocycles. The van der Waals surface area contributed by atoms with Crippen molar-refractivity contribution < 1.29 is 24.6 Å². The normalized spacial score (nSPS) is 11.7. The van der Waals surface area contributed by atoms with Gasteiger partial charge in [0.25, 0.3) is 5.91 Å². The molecule has 0 aliphatic rings. The van der Waals surface area contributed by atoms with Gasteiger partial charge in [0.05, 0.1) is 5.56 Å². The number of benzene rings is 1. The van der Waals surface area contributed by atoms with E-state index in [4.69, 9.17) is 10.2 Å². The molecular formula is C13H13BrINO5. The average Bonchev–Trinajstić information content (AvgIpc) is 2.39. The van der Waals surface area contributed by atoms with Crippen molar-refractivity contribution in [2.45, 2.75) is 25.3 Å². The molecule has 1 amide bonds. The molecule has 0 radical (unpaired) electrons. The van der Waals surface area contributed by atoms with Crippen molar-refractivity contribution in [3.8, 4) is 0 Å². The number of nitrogens with one attached hydrogen (secondary N) is 1. The number of rotatable bonds is 7. The lowest BCUT2D eigenvalue weighted by Gasteiger charge is -2.15. The lowest BCUT2D eigenvalue weighted by Crippen LogP contribution is -2.41. The Morgan fingerprint density at radius 1 is 1.29 bits per heavy atom. The van der Waals surface area contributed by atoms with Crippen molar-refractivity contribution in [3.63, 3.8) is 0 Å². The van der Waals surface area contributed by atoms with Crippen molar-refractivity contribution in [2.75, 3.05) is 0 Å². The van der Waals surface area contributed by atoms with Crippen LogP contribution in [0.5, 0.6) is 0 Å². The van der Waals surface area contributed by atoms with Gasteiger partial charge in [-0.25, -0.2) is 4.79 Å². The fraction of sp³-hybridized carbons (Fsp3) is 0.308. The van der Waals surface area contributed by atoms with E-state index in [1.54, 1.807) is 18.2 Å². The lowest BCUT2D eigenvalue weighted by molar-refractivity contribution is -0.140. The van der Waals surface area contributed by atoms with Gasteiger partial charge in [-0.2, -0.15) is 0 Å². The molecule has 1 atom stereocenters. The molecule has 6 nitrogen and oxygen atoms in total. The van der Waals surface area contributed by atoms with E-state index in [9.17, 15) is 14.4 Å². The molecule has 0 aromatic heterocycles. The lowest BCUT2D eigenvalue weighted by atomic mass is 10.1. The van der Waals surface area contributed by atoms with E-state index in [2.05, 4.69) is 21.2 Å². The van der Waals surface area contributed by atoms with Crippen LogP contribution in [0.15, 0.2) is 22.7 Å². The van der Waals surface area contributed by atoms with Crippen LogP contribution in [-0.4, -0.2) is 34.1 Å². The molecule has 0 saturated heterocycles. The highest BCUT2D eigenvalue weighted by atomic mass is 127. The Labute approximate surface area is 143 Å². The van der Waals surface area contributed by atoms with Crippen molar-refractivity contribution >= 4 is 56.4 Å². The monoisotopic (exact) mass is 469 g/mol. The zero-order chi connectivity index (χ0) is 16.0. The van der Waals surface area contributed by atoms with Gasteiger partial charge in [-0.3, -0.25) is 9.59 Å². The first-order valence-electron chi connectivity index (χ1n) is 6.01. The maximum atomic E-state index is 12.1. The molecule has 3 N–H and O–H groups in total. The fourth-order valence-corrected chi connectivity index (χ4v) is 2.56. The van der Waals surface area contributed by atoms with Crippen LogP contribution in [0.2, 0.25) is 0 Å². The van der Waals surface area contributed by atoms with Crippen molar-refractivity contribution in [1.82, 2.24) is 5.32 Å². The topological polar surface area (TPSA) is 104 Å². The number of halogens is 2. The van der Waals surface area contributed by atoms with E-state index >= 15 is 0 Å². The van der Waals surface area contributed by atoms with Gasteiger partial charge in [0.2, 0.25) is 0 Å². The molecule has 1 rings (SSSR count).